The monoisotopic (exact) mass is 251 g/mol. The Morgan fingerprint density at radius 2 is 2.24 bits per heavy atom. The first-order chi connectivity index (χ1) is 8.18. The molecule has 0 fully saturated rings. The fourth-order valence-corrected chi connectivity index (χ4v) is 1.99. The highest BCUT2D eigenvalue weighted by Crippen LogP contribution is 2.24. The van der Waals surface area contributed by atoms with Crippen molar-refractivity contribution in [1.29, 1.82) is 0 Å². The van der Waals surface area contributed by atoms with Gasteiger partial charge in [0, 0.05) is 36.9 Å². The molecule has 17 heavy (non-hydrogen) atoms. The van der Waals surface area contributed by atoms with Gasteiger partial charge in [-0.2, -0.15) is 5.10 Å². The third-order valence-corrected chi connectivity index (χ3v) is 3.07. The molecule has 0 bridgehead atoms. The normalized spacial score (nSPS) is 12.6. The van der Waals surface area contributed by atoms with E-state index in [0.29, 0.717) is 11.4 Å². The Balaban J connectivity index is 2.01. The maximum absolute atomic E-state index is 10.0. The van der Waals surface area contributed by atoms with E-state index in [1.54, 1.807) is 29.3 Å². The minimum absolute atomic E-state index is 0.505. The number of pyridine rings is 1. The Morgan fingerprint density at radius 3 is 2.88 bits per heavy atom. The molecule has 0 spiro atoms. The van der Waals surface area contributed by atoms with Crippen LogP contribution < -0.4 is 0 Å². The Labute approximate surface area is 105 Å². The molecule has 0 radical (unpaired) electrons. The molecule has 1 unspecified atom stereocenters. The molecule has 2 aromatic heterocycles. The van der Waals surface area contributed by atoms with Crippen LogP contribution in [0, 0.1) is 0 Å². The van der Waals surface area contributed by atoms with Gasteiger partial charge in [0.25, 0.3) is 0 Å². The molecule has 2 rings (SSSR count). The van der Waals surface area contributed by atoms with E-state index < -0.39 is 6.10 Å². The predicted molar refractivity (Wildman–Crippen MR) is 65.7 cm³/mol. The van der Waals surface area contributed by atoms with Crippen LogP contribution in [0.2, 0.25) is 5.02 Å². The molecular weight excluding hydrogens is 238 g/mol. The van der Waals surface area contributed by atoms with E-state index in [-0.39, 0.29) is 0 Å². The van der Waals surface area contributed by atoms with Crippen LogP contribution in [0.5, 0.6) is 0 Å². The van der Waals surface area contributed by atoms with Gasteiger partial charge in [0.2, 0.25) is 0 Å². The highest BCUT2D eigenvalue weighted by atomic mass is 35.5. The molecule has 2 heterocycles. The van der Waals surface area contributed by atoms with Crippen molar-refractivity contribution < 1.29 is 5.11 Å². The van der Waals surface area contributed by atoms with E-state index in [0.717, 1.165) is 17.7 Å². The highest BCUT2D eigenvalue weighted by Gasteiger charge is 2.12. The minimum atomic E-state index is -0.569. The maximum Gasteiger partial charge on any atom is 0.0809 e. The minimum Gasteiger partial charge on any atom is -0.388 e. The van der Waals surface area contributed by atoms with Crippen LogP contribution in [0.3, 0.4) is 0 Å². The summed E-state index contributed by atoms with van der Waals surface area (Å²) < 4.78 is 1.81. The largest absolute Gasteiger partial charge is 0.388 e. The predicted octanol–water partition coefficient (Wildman–Crippen LogP) is 2.13. The third-order valence-electron chi connectivity index (χ3n) is 2.76. The average molecular weight is 252 g/mol. The molecule has 90 valence electrons. The third kappa shape index (κ3) is 2.84. The summed E-state index contributed by atoms with van der Waals surface area (Å²) in [7, 11) is 1.89. The van der Waals surface area contributed by atoms with E-state index in [4.69, 9.17) is 11.6 Å². The van der Waals surface area contributed by atoms with Gasteiger partial charge in [-0.1, -0.05) is 11.6 Å². The Bertz CT molecular complexity index is 498. The van der Waals surface area contributed by atoms with Gasteiger partial charge in [0.1, 0.15) is 0 Å². The SMILES string of the molecule is Cn1nccc1CCC(O)c1ccncc1Cl. The van der Waals surface area contributed by atoms with Crippen molar-refractivity contribution in [3.8, 4) is 0 Å². The zero-order valence-electron chi connectivity index (χ0n) is 9.55. The average Bonchev–Trinajstić information content (AvgIpc) is 2.72. The first kappa shape index (κ1) is 12.1. The molecule has 0 aromatic carbocycles. The lowest BCUT2D eigenvalue weighted by Gasteiger charge is -2.12. The Kier molecular flexibility index (Phi) is 3.76. The number of hydrogen-bond donors (Lipinski definition) is 1. The molecule has 4 nitrogen and oxygen atoms in total. The lowest BCUT2D eigenvalue weighted by Crippen LogP contribution is -2.04. The summed E-state index contributed by atoms with van der Waals surface area (Å²) in [6.45, 7) is 0. The second-order valence-electron chi connectivity index (χ2n) is 3.90. The second-order valence-corrected chi connectivity index (χ2v) is 4.31. The second kappa shape index (κ2) is 5.29. The number of aromatic nitrogens is 3. The highest BCUT2D eigenvalue weighted by molar-refractivity contribution is 6.31. The molecule has 1 N–H and O–H groups in total. The van der Waals surface area contributed by atoms with Crippen molar-refractivity contribution >= 4 is 11.6 Å². The van der Waals surface area contributed by atoms with Gasteiger partial charge in [-0.25, -0.2) is 0 Å². The van der Waals surface area contributed by atoms with E-state index >= 15 is 0 Å². The maximum atomic E-state index is 10.0. The van der Waals surface area contributed by atoms with Crippen LogP contribution in [-0.2, 0) is 13.5 Å². The standard InChI is InChI=1S/C12H14ClN3O/c1-16-9(4-7-15-16)2-3-12(17)10-5-6-14-8-11(10)13/h4-8,12,17H,2-3H2,1H3. The van der Waals surface area contributed by atoms with Crippen LogP contribution in [-0.4, -0.2) is 19.9 Å². The topological polar surface area (TPSA) is 50.9 Å². The lowest BCUT2D eigenvalue weighted by atomic mass is 10.1. The number of aryl methyl sites for hydroxylation is 2. The number of aliphatic hydroxyl groups is 1. The Hall–Kier alpha value is -1.39. The summed E-state index contributed by atoms with van der Waals surface area (Å²) in [6, 6.07) is 3.69. The first-order valence-electron chi connectivity index (χ1n) is 5.43. The molecule has 0 saturated carbocycles. The summed E-state index contributed by atoms with van der Waals surface area (Å²) >= 11 is 5.97. The molecule has 2 aromatic rings. The van der Waals surface area contributed by atoms with Gasteiger partial charge < -0.3 is 5.11 Å². The number of hydrogen-bond acceptors (Lipinski definition) is 3. The summed E-state index contributed by atoms with van der Waals surface area (Å²) in [5, 5.41) is 14.6. The van der Waals surface area contributed by atoms with Crippen LogP contribution in [0.25, 0.3) is 0 Å². The zero-order valence-corrected chi connectivity index (χ0v) is 10.3. The Morgan fingerprint density at radius 1 is 1.41 bits per heavy atom. The molecule has 1 atom stereocenters. The smallest absolute Gasteiger partial charge is 0.0809 e. The van der Waals surface area contributed by atoms with E-state index in [9.17, 15) is 5.11 Å². The van der Waals surface area contributed by atoms with E-state index in [1.807, 2.05) is 13.1 Å². The van der Waals surface area contributed by atoms with Gasteiger partial charge in [-0.3, -0.25) is 9.67 Å². The zero-order chi connectivity index (χ0) is 12.3. The van der Waals surface area contributed by atoms with Crippen LogP contribution in [0.15, 0.2) is 30.7 Å². The number of rotatable bonds is 4. The molecule has 0 aliphatic carbocycles. The number of halogens is 1. The van der Waals surface area contributed by atoms with E-state index in [2.05, 4.69) is 10.1 Å². The number of nitrogens with zero attached hydrogens (tertiary/aromatic N) is 3. The van der Waals surface area contributed by atoms with Crippen molar-refractivity contribution in [2.24, 2.45) is 7.05 Å². The molecular formula is C12H14ClN3O. The fourth-order valence-electron chi connectivity index (χ4n) is 1.74. The van der Waals surface area contributed by atoms with Gasteiger partial charge in [-0.05, 0) is 25.0 Å². The van der Waals surface area contributed by atoms with Gasteiger partial charge in [-0.15, -0.1) is 0 Å². The molecule has 0 aliphatic rings. The quantitative estimate of drug-likeness (QED) is 0.906. The van der Waals surface area contributed by atoms with Crippen LogP contribution in [0.1, 0.15) is 23.8 Å². The fraction of sp³-hybridized carbons (Fsp3) is 0.333. The summed E-state index contributed by atoms with van der Waals surface area (Å²) in [5.74, 6) is 0. The van der Waals surface area contributed by atoms with Crippen LogP contribution in [0.4, 0.5) is 0 Å². The molecule has 0 amide bonds. The van der Waals surface area contributed by atoms with Gasteiger partial charge in [0.15, 0.2) is 0 Å². The lowest BCUT2D eigenvalue weighted by molar-refractivity contribution is 0.167. The number of aliphatic hydroxyl groups excluding tert-OH is 1. The van der Waals surface area contributed by atoms with Gasteiger partial charge >= 0.3 is 0 Å². The van der Waals surface area contributed by atoms with Crippen molar-refractivity contribution in [3.05, 3.63) is 47.0 Å². The summed E-state index contributed by atoms with van der Waals surface area (Å²) in [4.78, 5) is 3.89. The van der Waals surface area contributed by atoms with Crippen molar-refractivity contribution in [3.63, 3.8) is 0 Å². The molecule has 0 saturated heterocycles. The summed E-state index contributed by atoms with van der Waals surface area (Å²) in [5.41, 5.74) is 1.82. The first-order valence-corrected chi connectivity index (χ1v) is 5.80. The molecule has 5 heteroatoms. The van der Waals surface area contributed by atoms with Crippen LogP contribution >= 0.6 is 11.6 Å². The summed E-state index contributed by atoms with van der Waals surface area (Å²) in [6.07, 6.45) is 5.74. The van der Waals surface area contributed by atoms with Gasteiger partial charge in [0.05, 0.1) is 11.1 Å². The van der Waals surface area contributed by atoms with E-state index in [1.165, 1.54) is 0 Å². The van der Waals surface area contributed by atoms with Crippen molar-refractivity contribution in [1.82, 2.24) is 14.8 Å². The van der Waals surface area contributed by atoms with Crippen molar-refractivity contribution in [2.75, 3.05) is 0 Å². The van der Waals surface area contributed by atoms with Crippen molar-refractivity contribution in [2.45, 2.75) is 18.9 Å². The molecule has 0 aliphatic heterocycles.